The van der Waals surface area contributed by atoms with E-state index in [9.17, 15) is 8.78 Å². The Morgan fingerprint density at radius 3 is 2.80 bits per heavy atom. The van der Waals surface area contributed by atoms with E-state index >= 15 is 4.39 Å². The Morgan fingerprint density at radius 2 is 1.93 bits per heavy atom. The van der Waals surface area contributed by atoms with Crippen molar-refractivity contribution in [3.05, 3.63) is 48.0 Å². The molecule has 0 bridgehead atoms. The molecule has 44 heavy (non-hydrogen) atoms. The summed E-state index contributed by atoms with van der Waals surface area (Å²) in [4.78, 5) is 18.6. The van der Waals surface area contributed by atoms with Gasteiger partial charge in [-0.2, -0.15) is 9.97 Å². The SMILES string of the molecule is CC[C@@H]1N[C@H](C)CN2c3nc(OC[C@@]45CCCN4C[C@H](F)C5)nc4c(F)c(-c5cccc6c(F)cccc56)nc(c34)OC[C@H]12. The van der Waals surface area contributed by atoms with Crippen molar-refractivity contribution in [1.29, 1.82) is 0 Å². The van der Waals surface area contributed by atoms with Crippen LogP contribution in [0.15, 0.2) is 36.4 Å². The van der Waals surface area contributed by atoms with E-state index < -0.39 is 23.3 Å². The van der Waals surface area contributed by atoms with Gasteiger partial charge < -0.3 is 19.7 Å². The van der Waals surface area contributed by atoms with Gasteiger partial charge in [-0.3, -0.25) is 4.90 Å². The van der Waals surface area contributed by atoms with Crippen LogP contribution in [-0.4, -0.2) is 82.5 Å². The molecule has 0 saturated carbocycles. The maximum atomic E-state index is 16.8. The van der Waals surface area contributed by atoms with Crippen molar-refractivity contribution in [3.8, 4) is 23.1 Å². The normalized spacial score (nSPS) is 28.2. The third-order valence-electron chi connectivity index (χ3n) is 10.0. The molecule has 0 aliphatic carbocycles. The first kappa shape index (κ1) is 27.8. The number of fused-ring (bicyclic) bond motifs is 4. The molecule has 8 nitrogen and oxygen atoms in total. The number of pyridine rings is 1. The van der Waals surface area contributed by atoms with Gasteiger partial charge in [-0.1, -0.05) is 37.3 Å². The van der Waals surface area contributed by atoms with Crippen LogP contribution in [0, 0.1) is 11.6 Å². The number of halogens is 3. The van der Waals surface area contributed by atoms with Crippen LogP contribution in [0.2, 0.25) is 0 Å². The molecule has 11 heteroatoms. The maximum Gasteiger partial charge on any atom is 0.319 e. The number of nitrogens with one attached hydrogen (secondary N) is 1. The summed E-state index contributed by atoms with van der Waals surface area (Å²) in [5.74, 6) is -0.296. The number of nitrogens with zero attached hydrogens (tertiary/aromatic N) is 5. The molecule has 6 heterocycles. The van der Waals surface area contributed by atoms with Crippen LogP contribution in [0.3, 0.4) is 0 Å². The first-order valence-corrected chi connectivity index (χ1v) is 15.6. The fourth-order valence-electron chi connectivity index (χ4n) is 7.97. The average Bonchev–Trinajstić information content (AvgIpc) is 3.50. The molecule has 1 N–H and O–H groups in total. The number of piperazine rings is 1. The van der Waals surface area contributed by atoms with Crippen LogP contribution in [0.25, 0.3) is 32.9 Å². The van der Waals surface area contributed by atoms with Gasteiger partial charge in [-0.05, 0) is 44.2 Å². The highest BCUT2D eigenvalue weighted by Crippen LogP contribution is 2.44. The topological polar surface area (TPSA) is 75.6 Å². The molecule has 4 aliphatic rings. The third kappa shape index (κ3) is 4.30. The fraction of sp³-hybridized carbons (Fsp3) is 0.485. The van der Waals surface area contributed by atoms with E-state index in [4.69, 9.17) is 19.4 Å². The standard InChI is InChI=1S/C33H35F3N6O2/c1-3-24-25-16-43-31-26-29(27(36)28(38-31)22-9-4-8-21-20(22)7-5-10-23(21)35)39-32(40-30(26)42(25)14-18(2)37-24)44-17-33-11-6-12-41(33)15-19(34)13-33/h4-5,7-10,18-19,24-25,37H,3,6,11-17H2,1-2H3/t18-,19-,24+,25-,33+/m1/s1. The van der Waals surface area contributed by atoms with Crippen molar-refractivity contribution >= 4 is 27.5 Å². The Morgan fingerprint density at radius 1 is 1.09 bits per heavy atom. The zero-order valence-electron chi connectivity index (χ0n) is 24.8. The van der Waals surface area contributed by atoms with Crippen molar-refractivity contribution in [2.45, 2.75) is 69.4 Å². The number of rotatable bonds is 5. The number of alkyl halides is 1. The minimum absolute atomic E-state index is 0.0225. The van der Waals surface area contributed by atoms with E-state index in [1.807, 2.05) is 0 Å². The van der Waals surface area contributed by atoms with E-state index in [0.717, 1.165) is 25.8 Å². The lowest BCUT2D eigenvalue weighted by molar-refractivity contribution is 0.107. The summed E-state index contributed by atoms with van der Waals surface area (Å²) in [5, 5.41) is 4.96. The Hall–Kier alpha value is -3.70. The lowest BCUT2D eigenvalue weighted by Crippen LogP contribution is -2.63. The first-order chi connectivity index (χ1) is 21.3. The van der Waals surface area contributed by atoms with E-state index in [1.54, 1.807) is 30.3 Å². The van der Waals surface area contributed by atoms with Crippen LogP contribution in [0.1, 0.15) is 39.5 Å². The number of anilines is 1. The van der Waals surface area contributed by atoms with Crippen molar-refractivity contribution < 1.29 is 22.6 Å². The number of hydrogen-bond donors (Lipinski definition) is 1. The Balaban J connectivity index is 1.31. The zero-order chi connectivity index (χ0) is 30.2. The maximum absolute atomic E-state index is 16.8. The van der Waals surface area contributed by atoms with Gasteiger partial charge in [-0.15, -0.1) is 0 Å². The van der Waals surface area contributed by atoms with Crippen molar-refractivity contribution in [1.82, 2.24) is 25.2 Å². The molecule has 5 atom stereocenters. The largest absolute Gasteiger partial charge is 0.475 e. The molecule has 0 unspecified atom stereocenters. The van der Waals surface area contributed by atoms with Gasteiger partial charge >= 0.3 is 6.01 Å². The molecule has 4 aromatic rings. The molecular formula is C33H35F3N6O2. The molecule has 0 spiro atoms. The van der Waals surface area contributed by atoms with Crippen LogP contribution in [-0.2, 0) is 0 Å². The minimum atomic E-state index is -0.897. The predicted molar refractivity (Wildman–Crippen MR) is 162 cm³/mol. The monoisotopic (exact) mass is 604 g/mol. The quantitative estimate of drug-likeness (QED) is 0.324. The van der Waals surface area contributed by atoms with Crippen LogP contribution in [0.5, 0.6) is 11.9 Å². The second-order valence-electron chi connectivity index (χ2n) is 12.8. The van der Waals surface area contributed by atoms with Crippen molar-refractivity contribution in [2.75, 3.05) is 37.7 Å². The third-order valence-corrected chi connectivity index (χ3v) is 10.0. The van der Waals surface area contributed by atoms with Gasteiger partial charge in [-0.25, -0.2) is 18.2 Å². The number of benzene rings is 2. The number of aromatic nitrogens is 3. The van der Waals surface area contributed by atoms with Crippen LogP contribution in [0.4, 0.5) is 19.0 Å². The summed E-state index contributed by atoms with van der Waals surface area (Å²) in [5.41, 5.74) is 0.0882. The predicted octanol–water partition coefficient (Wildman–Crippen LogP) is 5.42. The Kier molecular flexibility index (Phi) is 6.60. The second-order valence-corrected chi connectivity index (χ2v) is 12.8. The molecule has 0 radical (unpaired) electrons. The van der Waals surface area contributed by atoms with Gasteiger partial charge in [0.25, 0.3) is 0 Å². The summed E-state index contributed by atoms with van der Waals surface area (Å²) < 4.78 is 58.7. The summed E-state index contributed by atoms with van der Waals surface area (Å²) in [6.07, 6.45) is 2.18. The lowest BCUT2D eigenvalue weighted by Gasteiger charge is -2.44. The molecule has 3 saturated heterocycles. The van der Waals surface area contributed by atoms with E-state index in [-0.39, 0.29) is 47.8 Å². The first-order valence-electron chi connectivity index (χ1n) is 15.6. The summed E-state index contributed by atoms with van der Waals surface area (Å²) >= 11 is 0. The highest BCUT2D eigenvalue weighted by Gasteiger charge is 2.49. The van der Waals surface area contributed by atoms with Gasteiger partial charge in [0.1, 0.15) is 47.6 Å². The zero-order valence-corrected chi connectivity index (χ0v) is 24.8. The Labute approximate surface area is 253 Å². The molecule has 2 aromatic carbocycles. The molecule has 4 aliphatic heterocycles. The summed E-state index contributed by atoms with van der Waals surface area (Å²) in [7, 11) is 0. The average molecular weight is 605 g/mol. The Bertz CT molecular complexity index is 1770. The smallest absolute Gasteiger partial charge is 0.319 e. The number of hydrogen-bond acceptors (Lipinski definition) is 8. The molecule has 0 amide bonds. The minimum Gasteiger partial charge on any atom is -0.475 e. The number of ether oxygens (including phenoxy) is 2. The molecule has 8 rings (SSSR count). The van der Waals surface area contributed by atoms with Crippen LogP contribution < -0.4 is 19.7 Å². The van der Waals surface area contributed by atoms with Crippen molar-refractivity contribution in [3.63, 3.8) is 0 Å². The lowest BCUT2D eigenvalue weighted by atomic mass is 9.95. The van der Waals surface area contributed by atoms with E-state index in [2.05, 4.69) is 33.9 Å². The highest BCUT2D eigenvalue weighted by molar-refractivity contribution is 6.01. The van der Waals surface area contributed by atoms with E-state index in [1.165, 1.54) is 6.07 Å². The molecule has 3 fully saturated rings. The van der Waals surface area contributed by atoms with Crippen molar-refractivity contribution in [2.24, 2.45) is 0 Å². The summed E-state index contributed by atoms with van der Waals surface area (Å²) in [6, 6.07) is 10.0. The van der Waals surface area contributed by atoms with E-state index in [0.29, 0.717) is 53.7 Å². The van der Waals surface area contributed by atoms with Gasteiger partial charge in [0.05, 0.1) is 11.6 Å². The molecule has 2 aromatic heterocycles. The van der Waals surface area contributed by atoms with Gasteiger partial charge in [0, 0.05) is 42.5 Å². The fourth-order valence-corrected chi connectivity index (χ4v) is 7.97. The van der Waals surface area contributed by atoms with Gasteiger partial charge in [0.15, 0.2) is 5.82 Å². The summed E-state index contributed by atoms with van der Waals surface area (Å²) in [6.45, 7) is 6.65. The van der Waals surface area contributed by atoms with Gasteiger partial charge in [0.2, 0.25) is 5.88 Å². The second kappa shape index (κ2) is 10.4. The highest BCUT2D eigenvalue weighted by atomic mass is 19.1. The van der Waals surface area contributed by atoms with Crippen LogP contribution >= 0.6 is 0 Å². The molecular weight excluding hydrogens is 569 g/mol. The molecule has 230 valence electrons.